The van der Waals surface area contributed by atoms with E-state index in [4.69, 9.17) is 4.74 Å². The van der Waals surface area contributed by atoms with E-state index in [-0.39, 0.29) is 12.2 Å². The highest BCUT2D eigenvalue weighted by Crippen LogP contribution is 2.28. The highest BCUT2D eigenvalue weighted by molar-refractivity contribution is 6.00. The van der Waals surface area contributed by atoms with Crippen molar-refractivity contribution in [3.8, 4) is 5.69 Å². The lowest BCUT2D eigenvalue weighted by Crippen LogP contribution is -2.25. The maximum absolute atomic E-state index is 13.4. The second kappa shape index (κ2) is 8.21. The Kier molecular flexibility index (Phi) is 5.30. The minimum atomic E-state index is -0.673. The number of pyridine rings is 2. The van der Waals surface area contributed by atoms with Gasteiger partial charge in [-0.2, -0.15) is 0 Å². The van der Waals surface area contributed by atoms with Gasteiger partial charge in [-0.1, -0.05) is 36.4 Å². The molecule has 0 aliphatic rings. The molecule has 0 atom stereocenters. The summed E-state index contributed by atoms with van der Waals surface area (Å²) in [6.45, 7) is 3.74. The number of para-hydroxylation sites is 2. The molecule has 0 aliphatic heterocycles. The van der Waals surface area contributed by atoms with Gasteiger partial charge in [-0.05, 0) is 50.2 Å². The van der Waals surface area contributed by atoms with Crippen molar-refractivity contribution in [1.29, 1.82) is 0 Å². The molecule has 1 N–H and O–H groups in total. The Morgan fingerprint density at radius 2 is 1.67 bits per heavy atom. The Hall–Kier alpha value is -3.93. The Balaban J connectivity index is 2.13. The number of nitrogens with zero attached hydrogens (tertiary/aromatic N) is 2. The van der Waals surface area contributed by atoms with E-state index in [1.165, 1.54) is 0 Å². The number of ether oxygens (including phenoxy) is 1. The van der Waals surface area contributed by atoms with Crippen LogP contribution in [0, 0.1) is 6.92 Å². The minimum absolute atomic E-state index is 0.0530. The van der Waals surface area contributed by atoms with Crippen LogP contribution in [0.25, 0.3) is 16.7 Å². The van der Waals surface area contributed by atoms with Gasteiger partial charge in [-0.25, -0.2) is 9.78 Å². The molecule has 2 aromatic heterocycles. The molecule has 0 spiro atoms. The summed E-state index contributed by atoms with van der Waals surface area (Å²) >= 11 is 0. The molecule has 0 fully saturated rings. The zero-order valence-corrected chi connectivity index (χ0v) is 16.8. The Bertz CT molecular complexity index is 1270. The van der Waals surface area contributed by atoms with Crippen LogP contribution < -0.4 is 10.7 Å². The van der Waals surface area contributed by atoms with Crippen LogP contribution in [0.3, 0.4) is 0 Å². The number of carbonyl (C=O) groups excluding carboxylic acids is 1. The van der Waals surface area contributed by atoms with Crippen molar-refractivity contribution < 1.29 is 9.53 Å². The van der Waals surface area contributed by atoms with E-state index in [0.29, 0.717) is 16.9 Å². The van der Waals surface area contributed by atoms with Crippen molar-refractivity contribution in [2.45, 2.75) is 13.8 Å². The maximum Gasteiger partial charge on any atom is 0.345 e. The molecule has 0 saturated heterocycles. The molecule has 30 heavy (non-hydrogen) atoms. The molecule has 2 heterocycles. The highest BCUT2D eigenvalue weighted by atomic mass is 16.5. The van der Waals surface area contributed by atoms with Crippen molar-refractivity contribution >= 4 is 28.5 Å². The van der Waals surface area contributed by atoms with Gasteiger partial charge in [0.15, 0.2) is 0 Å². The maximum atomic E-state index is 13.4. The summed E-state index contributed by atoms with van der Waals surface area (Å²) in [6, 6.07) is 22.3. The first-order chi connectivity index (χ1) is 14.6. The largest absolute Gasteiger partial charge is 0.462 e. The third kappa shape index (κ3) is 3.55. The zero-order chi connectivity index (χ0) is 21.1. The molecule has 4 rings (SSSR count). The van der Waals surface area contributed by atoms with Crippen LogP contribution in [-0.2, 0) is 4.74 Å². The van der Waals surface area contributed by atoms with Gasteiger partial charge in [0.2, 0.25) is 5.43 Å². The van der Waals surface area contributed by atoms with Crippen LogP contribution in [-0.4, -0.2) is 22.1 Å². The first-order valence-electron chi connectivity index (χ1n) is 9.71. The number of carbonyl (C=O) groups is 1. The number of nitrogens with one attached hydrogen (secondary N) is 1. The summed E-state index contributed by atoms with van der Waals surface area (Å²) in [5, 5.41) is 3.61. The van der Waals surface area contributed by atoms with Gasteiger partial charge in [0.1, 0.15) is 17.0 Å². The van der Waals surface area contributed by atoms with Crippen molar-refractivity contribution in [3.05, 3.63) is 94.3 Å². The van der Waals surface area contributed by atoms with Gasteiger partial charge in [0.05, 0.1) is 12.0 Å². The molecular formula is C24H21N3O3. The van der Waals surface area contributed by atoms with Crippen molar-refractivity contribution in [1.82, 2.24) is 9.55 Å². The molecule has 0 amide bonds. The topological polar surface area (TPSA) is 73.2 Å². The second-order valence-electron chi connectivity index (χ2n) is 6.76. The van der Waals surface area contributed by atoms with E-state index in [0.717, 1.165) is 17.1 Å². The Labute approximate surface area is 173 Å². The fraction of sp³-hybridized carbons (Fsp3) is 0.125. The lowest BCUT2D eigenvalue weighted by atomic mass is 10.1. The fourth-order valence-electron chi connectivity index (χ4n) is 3.35. The van der Waals surface area contributed by atoms with Gasteiger partial charge in [-0.3, -0.25) is 9.36 Å². The molecule has 0 unspecified atom stereocenters. The van der Waals surface area contributed by atoms with Crippen molar-refractivity contribution in [3.63, 3.8) is 0 Å². The molecule has 0 bridgehead atoms. The van der Waals surface area contributed by atoms with Crippen molar-refractivity contribution in [2.75, 3.05) is 11.9 Å². The summed E-state index contributed by atoms with van der Waals surface area (Å²) in [5.74, 6) is -0.352. The number of benzene rings is 2. The van der Waals surface area contributed by atoms with Crippen LogP contribution in [0.4, 0.5) is 11.5 Å². The monoisotopic (exact) mass is 399 g/mol. The normalized spacial score (nSPS) is 10.7. The first kappa shape index (κ1) is 19.4. The summed E-state index contributed by atoms with van der Waals surface area (Å²) < 4.78 is 7.03. The van der Waals surface area contributed by atoms with E-state index < -0.39 is 11.4 Å². The van der Waals surface area contributed by atoms with Crippen LogP contribution in [0.5, 0.6) is 0 Å². The Morgan fingerprint density at radius 3 is 2.33 bits per heavy atom. The molecule has 0 aliphatic carbocycles. The molecule has 0 saturated carbocycles. The molecule has 6 heteroatoms. The van der Waals surface area contributed by atoms with Gasteiger partial charge in [0.25, 0.3) is 0 Å². The zero-order valence-electron chi connectivity index (χ0n) is 16.8. The summed E-state index contributed by atoms with van der Waals surface area (Å²) in [7, 11) is 0. The number of aromatic nitrogens is 2. The number of hydrogen-bond donors (Lipinski definition) is 1. The predicted molar refractivity (Wildman–Crippen MR) is 118 cm³/mol. The minimum Gasteiger partial charge on any atom is -0.462 e. The third-order valence-electron chi connectivity index (χ3n) is 4.69. The number of fused-ring (bicyclic) bond motifs is 1. The predicted octanol–water partition coefficient (Wildman–Crippen LogP) is 4.61. The van der Waals surface area contributed by atoms with E-state index in [1.54, 1.807) is 23.6 Å². The number of aryl methyl sites for hydroxylation is 1. The van der Waals surface area contributed by atoms with Gasteiger partial charge in [-0.15, -0.1) is 0 Å². The quantitative estimate of drug-likeness (QED) is 0.496. The van der Waals surface area contributed by atoms with Crippen LogP contribution in [0.1, 0.15) is 23.0 Å². The lowest BCUT2D eigenvalue weighted by Gasteiger charge is -2.20. The molecule has 150 valence electrons. The smallest absolute Gasteiger partial charge is 0.345 e. The van der Waals surface area contributed by atoms with E-state index in [2.05, 4.69) is 10.3 Å². The number of hydrogen-bond acceptors (Lipinski definition) is 5. The summed E-state index contributed by atoms with van der Waals surface area (Å²) in [5.41, 5.74) is 2.27. The van der Waals surface area contributed by atoms with Crippen LogP contribution >= 0.6 is 0 Å². The van der Waals surface area contributed by atoms with Gasteiger partial charge in [0, 0.05) is 17.1 Å². The average molecular weight is 399 g/mol. The molecule has 4 aromatic rings. The molecule has 6 nitrogen and oxygen atoms in total. The van der Waals surface area contributed by atoms with E-state index in [1.807, 2.05) is 67.6 Å². The van der Waals surface area contributed by atoms with Gasteiger partial charge >= 0.3 is 5.97 Å². The van der Waals surface area contributed by atoms with Gasteiger partial charge < -0.3 is 10.1 Å². The summed E-state index contributed by atoms with van der Waals surface area (Å²) in [4.78, 5) is 30.9. The fourth-order valence-corrected chi connectivity index (χ4v) is 3.35. The van der Waals surface area contributed by atoms with Crippen LogP contribution in [0.15, 0.2) is 77.6 Å². The highest BCUT2D eigenvalue weighted by Gasteiger charge is 2.25. The first-order valence-corrected chi connectivity index (χ1v) is 9.71. The number of esters is 1. The number of anilines is 2. The van der Waals surface area contributed by atoms with Crippen LogP contribution in [0.2, 0.25) is 0 Å². The molecule has 2 aromatic carbocycles. The van der Waals surface area contributed by atoms with E-state index >= 15 is 0 Å². The Morgan fingerprint density at radius 1 is 1.00 bits per heavy atom. The third-order valence-corrected chi connectivity index (χ3v) is 4.69. The lowest BCUT2D eigenvalue weighted by molar-refractivity contribution is 0.0526. The van der Waals surface area contributed by atoms with Crippen molar-refractivity contribution in [2.24, 2.45) is 0 Å². The SMILES string of the molecule is CCOC(=O)c1c(Nc2ccccc2)n(-c2ccccc2)c2nc(C)ccc2c1=O. The molecular weight excluding hydrogens is 378 g/mol. The summed E-state index contributed by atoms with van der Waals surface area (Å²) in [6.07, 6.45) is 0. The standard InChI is InChI=1S/C24H21N3O3/c1-3-30-24(29)20-21(28)19-15-14-16(2)25-22(19)27(18-12-8-5-9-13-18)23(20)26-17-10-6-4-7-11-17/h4-15,26H,3H2,1-2H3. The second-order valence-corrected chi connectivity index (χ2v) is 6.76. The molecule has 0 radical (unpaired) electrons. The number of rotatable bonds is 5. The van der Waals surface area contributed by atoms with E-state index in [9.17, 15) is 9.59 Å². The average Bonchev–Trinajstić information content (AvgIpc) is 2.75.